The number of carbonyl (C=O) groups excluding carboxylic acids is 2. The molecule has 1 fully saturated rings. The van der Waals surface area contributed by atoms with Crippen LogP contribution in [-0.4, -0.2) is 16.8 Å². The van der Waals surface area contributed by atoms with Gasteiger partial charge < -0.3 is 10.6 Å². The molecule has 2 aliphatic heterocycles. The Morgan fingerprint density at radius 1 is 0.967 bits per heavy atom. The van der Waals surface area contributed by atoms with Gasteiger partial charge >= 0.3 is 0 Å². The van der Waals surface area contributed by atoms with Crippen molar-refractivity contribution in [3.05, 3.63) is 93.7 Å². The van der Waals surface area contributed by atoms with Crippen molar-refractivity contribution in [3.8, 4) is 0 Å². The molecule has 1 spiro atoms. The van der Waals surface area contributed by atoms with Crippen LogP contribution >= 0.6 is 23.2 Å². The van der Waals surface area contributed by atoms with Crippen LogP contribution in [0.4, 0.5) is 5.69 Å². The quantitative estimate of drug-likeness (QED) is 0.613. The van der Waals surface area contributed by atoms with Crippen LogP contribution in [0.3, 0.4) is 0 Å². The predicted octanol–water partition coefficient (Wildman–Crippen LogP) is 4.62. The van der Waals surface area contributed by atoms with Crippen LogP contribution in [0.1, 0.15) is 35.1 Å². The number of nitrogens with zero attached hydrogens (tertiary/aromatic N) is 1. The van der Waals surface area contributed by atoms with Gasteiger partial charge in [0.1, 0.15) is 5.41 Å². The molecule has 2 aromatic carbocycles. The summed E-state index contributed by atoms with van der Waals surface area (Å²) < 4.78 is 0. The van der Waals surface area contributed by atoms with Gasteiger partial charge in [-0.05, 0) is 47.0 Å². The lowest BCUT2D eigenvalue weighted by Gasteiger charge is -2.46. The Kier molecular flexibility index (Phi) is 4.53. The molecule has 3 heterocycles. The third-order valence-corrected chi connectivity index (χ3v) is 6.49. The van der Waals surface area contributed by atoms with Gasteiger partial charge in [-0.25, -0.2) is 0 Å². The molecule has 0 bridgehead atoms. The first kappa shape index (κ1) is 19.1. The Morgan fingerprint density at radius 2 is 1.77 bits per heavy atom. The first-order valence-corrected chi connectivity index (χ1v) is 10.3. The van der Waals surface area contributed by atoms with E-state index in [1.165, 1.54) is 0 Å². The van der Waals surface area contributed by atoms with Crippen LogP contribution in [0.15, 0.2) is 67.0 Å². The smallest absolute Gasteiger partial charge is 0.238 e. The highest BCUT2D eigenvalue weighted by molar-refractivity contribution is 6.31. The van der Waals surface area contributed by atoms with Gasteiger partial charge in [0.2, 0.25) is 11.8 Å². The highest BCUT2D eigenvalue weighted by Crippen LogP contribution is 2.57. The monoisotopic (exact) mass is 437 g/mol. The van der Waals surface area contributed by atoms with E-state index in [9.17, 15) is 9.59 Å². The van der Waals surface area contributed by atoms with Gasteiger partial charge in [0.25, 0.3) is 0 Å². The zero-order valence-corrected chi connectivity index (χ0v) is 17.2. The lowest BCUT2D eigenvalue weighted by Crippen LogP contribution is -2.56. The van der Waals surface area contributed by atoms with E-state index < -0.39 is 17.4 Å². The van der Waals surface area contributed by atoms with Crippen molar-refractivity contribution in [2.45, 2.75) is 23.8 Å². The van der Waals surface area contributed by atoms with Crippen LogP contribution in [0.25, 0.3) is 0 Å². The zero-order valence-electron chi connectivity index (χ0n) is 15.7. The summed E-state index contributed by atoms with van der Waals surface area (Å²) in [5.74, 6) is -0.731. The number of fused-ring (bicyclic) bond motifs is 2. The van der Waals surface area contributed by atoms with E-state index in [0.29, 0.717) is 15.7 Å². The maximum absolute atomic E-state index is 13.7. The van der Waals surface area contributed by atoms with Crippen LogP contribution in [0.5, 0.6) is 0 Å². The first-order valence-electron chi connectivity index (χ1n) is 9.56. The minimum Gasteiger partial charge on any atom is -0.348 e. The number of aromatic nitrogens is 1. The number of amides is 2. The molecule has 3 atom stereocenters. The van der Waals surface area contributed by atoms with Gasteiger partial charge in [0, 0.05) is 40.5 Å². The average molecular weight is 438 g/mol. The van der Waals surface area contributed by atoms with E-state index in [1.54, 1.807) is 36.7 Å². The van der Waals surface area contributed by atoms with Gasteiger partial charge in [-0.15, -0.1) is 0 Å². The van der Waals surface area contributed by atoms with E-state index in [1.807, 2.05) is 30.3 Å². The molecular formula is C23H17Cl2N3O2. The Hall–Kier alpha value is -2.89. The molecule has 150 valence electrons. The lowest BCUT2D eigenvalue weighted by atomic mass is 9.59. The van der Waals surface area contributed by atoms with E-state index in [2.05, 4.69) is 15.6 Å². The van der Waals surface area contributed by atoms with Crippen molar-refractivity contribution in [3.63, 3.8) is 0 Å². The number of anilines is 1. The van der Waals surface area contributed by atoms with E-state index in [-0.39, 0.29) is 18.2 Å². The molecule has 3 aromatic rings. The number of halogens is 2. The number of carbonyl (C=O) groups is 2. The van der Waals surface area contributed by atoms with Crippen molar-refractivity contribution >= 4 is 40.7 Å². The average Bonchev–Trinajstić information content (AvgIpc) is 3.01. The predicted molar refractivity (Wildman–Crippen MR) is 116 cm³/mol. The van der Waals surface area contributed by atoms with Gasteiger partial charge in [-0.2, -0.15) is 0 Å². The fraction of sp³-hybridized carbons (Fsp3) is 0.174. The van der Waals surface area contributed by atoms with E-state index in [0.717, 1.165) is 16.7 Å². The van der Waals surface area contributed by atoms with Crippen molar-refractivity contribution in [1.82, 2.24) is 10.3 Å². The topological polar surface area (TPSA) is 71.1 Å². The Labute approximate surface area is 183 Å². The van der Waals surface area contributed by atoms with Gasteiger partial charge in [0.15, 0.2) is 0 Å². The summed E-state index contributed by atoms with van der Waals surface area (Å²) in [6.45, 7) is 0. The molecule has 2 aliphatic rings. The first-order chi connectivity index (χ1) is 14.5. The molecular weight excluding hydrogens is 421 g/mol. The second-order valence-corrected chi connectivity index (χ2v) is 8.48. The maximum Gasteiger partial charge on any atom is 0.238 e. The second kappa shape index (κ2) is 7.11. The van der Waals surface area contributed by atoms with Crippen LogP contribution < -0.4 is 10.6 Å². The Bertz CT molecular complexity index is 1170. The largest absolute Gasteiger partial charge is 0.348 e. The number of rotatable bonds is 2. The standard InChI is InChI=1S/C23H17Cl2N3O2/c24-15-5-1-3-13(9-15)18-11-20(29)28-21(14-4-2-8-26-12-14)23(18)17-7-6-16(25)10-19(17)27-22(23)30/h1-10,12,18,21H,11H2,(H,27,30)(H,28,29). The summed E-state index contributed by atoms with van der Waals surface area (Å²) >= 11 is 12.5. The fourth-order valence-corrected chi connectivity index (χ4v) is 5.21. The molecule has 0 aliphatic carbocycles. The molecule has 0 radical (unpaired) electrons. The molecule has 0 saturated carbocycles. The summed E-state index contributed by atoms with van der Waals surface area (Å²) in [4.78, 5) is 30.8. The molecule has 30 heavy (non-hydrogen) atoms. The molecule has 2 N–H and O–H groups in total. The highest BCUT2D eigenvalue weighted by atomic mass is 35.5. The normalized spacial score (nSPS) is 25.0. The van der Waals surface area contributed by atoms with Crippen LogP contribution in [0.2, 0.25) is 10.0 Å². The van der Waals surface area contributed by atoms with Gasteiger partial charge in [-0.1, -0.05) is 47.5 Å². The summed E-state index contributed by atoms with van der Waals surface area (Å²) in [6, 6.07) is 15.8. The molecule has 5 rings (SSSR count). The molecule has 3 unspecified atom stereocenters. The van der Waals surface area contributed by atoms with Crippen LogP contribution in [-0.2, 0) is 15.0 Å². The van der Waals surface area contributed by atoms with Crippen molar-refractivity contribution in [2.75, 3.05) is 5.32 Å². The minimum absolute atomic E-state index is 0.130. The number of hydrogen-bond donors (Lipinski definition) is 2. The molecule has 1 saturated heterocycles. The third kappa shape index (κ3) is 2.81. The highest BCUT2D eigenvalue weighted by Gasteiger charge is 2.61. The van der Waals surface area contributed by atoms with Gasteiger partial charge in [0.05, 0.1) is 6.04 Å². The molecule has 7 heteroatoms. The number of nitrogens with one attached hydrogen (secondary N) is 2. The molecule has 2 amide bonds. The molecule has 1 aromatic heterocycles. The van der Waals surface area contributed by atoms with E-state index >= 15 is 0 Å². The Balaban J connectivity index is 1.81. The maximum atomic E-state index is 13.7. The number of pyridine rings is 1. The molecule has 5 nitrogen and oxygen atoms in total. The minimum atomic E-state index is -1.07. The summed E-state index contributed by atoms with van der Waals surface area (Å²) in [5.41, 5.74) is 1.99. The van der Waals surface area contributed by atoms with Crippen molar-refractivity contribution in [1.29, 1.82) is 0 Å². The van der Waals surface area contributed by atoms with E-state index in [4.69, 9.17) is 23.2 Å². The fourth-order valence-electron chi connectivity index (χ4n) is 4.84. The van der Waals surface area contributed by atoms with Crippen molar-refractivity contribution in [2.24, 2.45) is 0 Å². The lowest BCUT2D eigenvalue weighted by molar-refractivity contribution is -0.131. The Morgan fingerprint density at radius 3 is 2.53 bits per heavy atom. The zero-order chi connectivity index (χ0) is 20.9. The van der Waals surface area contributed by atoms with Crippen molar-refractivity contribution < 1.29 is 9.59 Å². The number of hydrogen-bond acceptors (Lipinski definition) is 3. The van der Waals surface area contributed by atoms with Gasteiger partial charge in [-0.3, -0.25) is 14.6 Å². The summed E-state index contributed by atoms with van der Waals surface area (Å²) in [5, 5.41) is 7.15. The number of piperidine rings is 1. The summed E-state index contributed by atoms with van der Waals surface area (Å²) in [6.07, 6.45) is 3.51. The second-order valence-electron chi connectivity index (χ2n) is 7.61. The SMILES string of the molecule is O=C1CC(c2cccc(Cl)c2)C2(C(=O)Nc3cc(Cl)ccc32)C(c2cccnc2)N1. The summed E-state index contributed by atoms with van der Waals surface area (Å²) in [7, 11) is 0. The number of benzene rings is 2. The van der Waals surface area contributed by atoms with Crippen LogP contribution in [0, 0.1) is 0 Å². The third-order valence-electron chi connectivity index (χ3n) is 6.02.